The van der Waals surface area contributed by atoms with Gasteiger partial charge in [0.2, 0.25) is 0 Å². The van der Waals surface area contributed by atoms with Gasteiger partial charge in [-0.1, -0.05) is 12.8 Å². The van der Waals surface area contributed by atoms with Gasteiger partial charge in [-0.15, -0.1) is 0 Å². The molecule has 7 nitrogen and oxygen atoms in total. The number of fused-ring (bicyclic) bond motifs is 1. The molecule has 1 saturated carbocycles. The van der Waals surface area contributed by atoms with Crippen LogP contribution in [0.2, 0.25) is 0 Å². The molecule has 1 aliphatic carbocycles. The van der Waals surface area contributed by atoms with Gasteiger partial charge in [0.15, 0.2) is 11.8 Å². The van der Waals surface area contributed by atoms with Crippen molar-refractivity contribution in [2.24, 2.45) is 7.05 Å². The van der Waals surface area contributed by atoms with Crippen molar-refractivity contribution in [3.63, 3.8) is 0 Å². The number of esters is 1. The summed E-state index contributed by atoms with van der Waals surface area (Å²) in [5, 5.41) is 8.01. The zero-order valence-corrected chi connectivity index (χ0v) is 14.2. The molecule has 2 heterocycles. The number of rotatable bonds is 4. The Morgan fingerprint density at radius 3 is 2.79 bits per heavy atom. The fraction of sp³-hybridized carbons (Fsp3) is 0.529. The van der Waals surface area contributed by atoms with Gasteiger partial charge in [-0.3, -0.25) is 9.48 Å². The van der Waals surface area contributed by atoms with Crippen LogP contribution in [0.5, 0.6) is 0 Å². The van der Waals surface area contributed by atoms with E-state index in [1.54, 1.807) is 24.7 Å². The third-order valence-electron chi connectivity index (χ3n) is 4.45. The Morgan fingerprint density at radius 1 is 1.38 bits per heavy atom. The Morgan fingerprint density at radius 2 is 2.08 bits per heavy atom. The Bertz CT molecular complexity index is 777. The van der Waals surface area contributed by atoms with E-state index in [9.17, 15) is 9.59 Å². The highest BCUT2D eigenvalue weighted by Crippen LogP contribution is 2.19. The summed E-state index contributed by atoms with van der Waals surface area (Å²) in [6.07, 6.45) is 4.88. The van der Waals surface area contributed by atoms with E-state index in [1.807, 2.05) is 6.92 Å². The van der Waals surface area contributed by atoms with Crippen molar-refractivity contribution in [2.45, 2.75) is 51.7 Å². The van der Waals surface area contributed by atoms with Crippen LogP contribution in [-0.2, 0) is 16.6 Å². The molecule has 128 valence electrons. The van der Waals surface area contributed by atoms with Gasteiger partial charge in [0, 0.05) is 24.7 Å². The quantitative estimate of drug-likeness (QED) is 0.865. The number of aromatic nitrogens is 3. The van der Waals surface area contributed by atoms with Gasteiger partial charge in [0.1, 0.15) is 0 Å². The first-order valence-electron chi connectivity index (χ1n) is 8.26. The molecule has 1 unspecified atom stereocenters. The van der Waals surface area contributed by atoms with E-state index < -0.39 is 12.1 Å². The number of amides is 1. The number of carbonyl (C=O) groups excluding carboxylic acids is 2. The van der Waals surface area contributed by atoms with Crippen molar-refractivity contribution in [1.29, 1.82) is 0 Å². The number of hydrogen-bond acceptors (Lipinski definition) is 5. The fourth-order valence-corrected chi connectivity index (χ4v) is 3.09. The average Bonchev–Trinajstić information content (AvgIpc) is 3.15. The van der Waals surface area contributed by atoms with E-state index in [4.69, 9.17) is 4.74 Å². The van der Waals surface area contributed by atoms with Crippen LogP contribution in [0.25, 0.3) is 11.0 Å². The summed E-state index contributed by atoms with van der Waals surface area (Å²) < 4.78 is 6.95. The third kappa shape index (κ3) is 3.25. The summed E-state index contributed by atoms with van der Waals surface area (Å²) in [7, 11) is 1.80. The second-order valence-corrected chi connectivity index (χ2v) is 6.34. The van der Waals surface area contributed by atoms with Crippen molar-refractivity contribution >= 4 is 22.9 Å². The lowest BCUT2D eigenvalue weighted by atomic mass is 10.2. The van der Waals surface area contributed by atoms with Gasteiger partial charge >= 0.3 is 5.97 Å². The van der Waals surface area contributed by atoms with Gasteiger partial charge in [0.05, 0.1) is 11.3 Å². The van der Waals surface area contributed by atoms with Crippen molar-refractivity contribution in [3.8, 4) is 0 Å². The Balaban J connectivity index is 1.67. The summed E-state index contributed by atoms with van der Waals surface area (Å²) in [5.74, 6) is -0.802. The Hall–Kier alpha value is -2.44. The standard InChI is InChI=1S/C17H22N4O3/c1-10-14-8-12(9-18-15(14)21(3)20-10)17(23)24-11(2)16(22)19-13-6-4-5-7-13/h8-9,11,13H,4-7H2,1-3H3,(H,19,22). The molecule has 0 aliphatic heterocycles. The summed E-state index contributed by atoms with van der Waals surface area (Å²) in [5.41, 5.74) is 1.82. The first-order chi connectivity index (χ1) is 11.5. The minimum absolute atomic E-state index is 0.203. The molecule has 0 aromatic carbocycles. The number of pyridine rings is 1. The molecule has 0 radical (unpaired) electrons. The number of ether oxygens (including phenoxy) is 1. The second-order valence-electron chi connectivity index (χ2n) is 6.34. The molecule has 7 heteroatoms. The molecule has 1 aliphatic rings. The molecule has 1 fully saturated rings. The van der Waals surface area contributed by atoms with E-state index in [2.05, 4.69) is 15.4 Å². The molecule has 0 saturated heterocycles. The topological polar surface area (TPSA) is 86.1 Å². The van der Waals surface area contributed by atoms with Crippen molar-refractivity contribution in [1.82, 2.24) is 20.1 Å². The maximum Gasteiger partial charge on any atom is 0.340 e. The summed E-state index contributed by atoms with van der Waals surface area (Å²) >= 11 is 0. The highest BCUT2D eigenvalue weighted by atomic mass is 16.5. The normalized spacial score (nSPS) is 16.3. The van der Waals surface area contributed by atoms with E-state index in [0.29, 0.717) is 11.2 Å². The van der Waals surface area contributed by atoms with Gasteiger partial charge in [-0.25, -0.2) is 9.78 Å². The maximum atomic E-state index is 12.3. The fourth-order valence-electron chi connectivity index (χ4n) is 3.09. The van der Waals surface area contributed by atoms with Crippen LogP contribution >= 0.6 is 0 Å². The smallest absolute Gasteiger partial charge is 0.340 e. The van der Waals surface area contributed by atoms with Crippen molar-refractivity contribution < 1.29 is 14.3 Å². The van der Waals surface area contributed by atoms with Crippen LogP contribution in [0, 0.1) is 6.92 Å². The molecule has 3 rings (SSSR count). The molecule has 1 amide bonds. The lowest BCUT2D eigenvalue weighted by Gasteiger charge is -2.17. The Kier molecular flexibility index (Phi) is 4.51. The van der Waals surface area contributed by atoms with Gasteiger partial charge in [0.25, 0.3) is 5.91 Å². The second kappa shape index (κ2) is 6.59. The van der Waals surface area contributed by atoms with Gasteiger partial charge in [-0.05, 0) is 32.8 Å². The lowest BCUT2D eigenvalue weighted by Crippen LogP contribution is -2.40. The molecule has 0 bridgehead atoms. The summed E-state index contributed by atoms with van der Waals surface area (Å²) in [6, 6.07) is 1.91. The SMILES string of the molecule is Cc1nn(C)c2ncc(C(=O)OC(C)C(=O)NC3CCCC3)cc12. The molecule has 1 N–H and O–H groups in total. The van der Waals surface area contributed by atoms with Crippen LogP contribution in [-0.4, -0.2) is 38.8 Å². The number of carbonyl (C=O) groups is 2. The zero-order chi connectivity index (χ0) is 17.3. The summed E-state index contributed by atoms with van der Waals surface area (Å²) in [4.78, 5) is 28.7. The number of aryl methyl sites for hydroxylation is 2. The zero-order valence-electron chi connectivity index (χ0n) is 14.2. The van der Waals surface area contributed by atoms with Crippen LogP contribution in [0.1, 0.15) is 48.7 Å². The highest BCUT2D eigenvalue weighted by molar-refractivity contribution is 5.95. The lowest BCUT2D eigenvalue weighted by molar-refractivity contribution is -0.129. The van der Waals surface area contributed by atoms with E-state index in [0.717, 1.165) is 36.8 Å². The van der Waals surface area contributed by atoms with Gasteiger partial charge < -0.3 is 10.1 Å². The maximum absolute atomic E-state index is 12.3. The summed E-state index contributed by atoms with van der Waals surface area (Å²) in [6.45, 7) is 3.44. The van der Waals surface area contributed by atoms with Crippen LogP contribution < -0.4 is 5.32 Å². The molecule has 0 spiro atoms. The van der Waals surface area contributed by atoms with Crippen LogP contribution in [0.4, 0.5) is 0 Å². The highest BCUT2D eigenvalue weighted by Gasteiger charge is 2.24. The van der Waals surface area contributed by atoms with Crippen LogP contribution in [0.15, 0.2) is 12.3 Å². The third-order valence-corrected chi connectivity index (χ3v) is 4.45. The number of hydrogen-bond donors (Lipinski definition) is 1. The van der Waals surface area contributed by atoms with Gasteiger partial charge in [-0.2, -0.15) is 5.10 Å². The first-order valence-corrected chi connectivity index (χ1v) is 8.26. The number of nitrogens with one attached hydrogen (secondary N) is 1. The molecular weight excluding hydrogens is 308 g/mol. The Labute approximate surface area is 140 Å². The van der Waals surface area contributed by atoms with E-state index in [1.165, 1.54) is 6.20 Å². The predicted octanol–water partition coefficient (Wildman–Crippen LogP) is 1.88. The molecule has 2 aromatic rings. The average molecular weight is 330 g/mol. The molecule has 1 atom stereocenters. The first kappa shape index (κ1) is 16.4. The van der Waals surface area contributed by atoms with Crippen LogP contribution in [0.3, 0.4) is 0 Å². The van der Waals surface area contributed by atoms with Crippen molar-refractivity contribution in [2.75, 3.05) is 0 Å². The minimum Gasteiger partial charge on any atom is -0.449 e. The molecule has 2 aromatic heterocycles. The molecular formula is C17H22N4O3. The van der Waals surface area contributed by atoms with Crippen molar-refractivity contribution in [3.05, 3.63) is 23.5 Å². The number of nitrogens with zero attached hydrogens (tertiary/aromatic N) is 3. The monoisotopic (exact) mass is 330 g/mol. The minimum atomic E-state index is -0.830. The van der Waals surface area contributed by atoms with E-state index in [-0.39, 0.29) is 11.9 Å². The van der Waals surface area contributed by atoms with E-state index >= 15 is 0 Å². The largest absolute Gasteiger partial charge is 0.449 e. The molecule has 24 heavy (non-hydrogen) atoms. The predicted molar refractivity (Wildman–Crippen MR) is 88.5 cm³/mol.